The maximum atomic E-state index is 5.61. The van der Waals surface area contributed by atoms with Crippen molar-refractivity contribution < 1.29 is 4.42 Å². The summed E-state index contributed by atoms with van der Waals surface area (Å²) in [7, 11) is 0. The van der Waals surface area contributed by atoms with Gasteiger partial charge in [-0.15, -0.1) is 21.8 Å². The topological polar surface area (TPSA) is 38.9 Å². The van der Waals surface area contributed by atoms with Crippen molar-refractivity contribution in [2.24, 2.45) is 0 Å². The molecule has 0 radical (unpaired) electrons. The maximum Gasteiger partial charge on any atom is 0.248 e. The monoisotopic (exact) mass is 300 g/mol. The Morgan fingerprint density at radius 3 is 2.88 bits per heavy atom. The van der Waals surface area contributed by atoms with Crippen LogP contribution in [0.2, 0.25) is 0 Å². The number of nitrogens with zero attached hydrogens (tertiary/aromatic N) is 2. The molecule has 0 aliphatic carbocycles. The summed E-state index contributed by atoms with van der Waals surface area (Å²) in [6, 6.07) is 5.98. The Balaban J connectivity index is 2.35. The molecule has 1 aromatic carbocycles. The highest BCUT2D eigenvalue weighted by Gasteiger charge is 2.11. The Labute approximate surface area is 107 Å². The first kappa shape index (κ1) is 11.6. The average Bonchev–Trinajstić information content (AvgIpc) is 2.67. The van der Waals surface area contributed by atoms with E-state index in [0.717, 1.165) is 10.0 Å². The quantitative estimate of drug-likeness (QED) is 0.813. The van der Waals surface area contributed by atoms with Gasteiger partial charge in [0, 0.05) is 16.8 Å². The van der Waals surface area contributed by atoms with Gasteiger partial charge in [-0.2, -0.15) is 0 Å². The minimum absolute atomic E-state index is 0.483. The van der Waals surface area contributed by atoms with E-state index in [0.29, 0.717) is 24.1 Å². The number of aromatic nitrogens is 2. The van der Waals surface area contributed by atoms with E-state index in [1.807, 2.05) is 25.1 Å². The highest BCUT2D eigenvalue weighted by molar-refractivity contribution is 9.10. The first-order valence-electron chi connectivity index (χ1n) is 4.85. The van der Waals surface area contributed by atoms with E-state index in [1.165, 1.54) is 5.56 Å². The molecule has 0 spiro atoms. The predicted octanol–water partition coefficient (Wildman–Crippen LogP) is 3.59. The summed E-state index contributed by atoms with van der Waals surface area (Å²) in [6.07, 6.45) is 0.595. The van der Waals surface area contributed by atoms with Crippen LogP contribution >= 0.6 is 27.5 Å². The number of alkyl halides is 1. The van der Waals surface area contributed by atoms with Crippen LogP contribution in [0.25, 0.3) is 11.5 Å². The van der Waals surface area contributed by atoms with Crippen LogP contribution in [0.15, 0.2) is 27.1 Å². The molecule has 0 fully saturated rings. The lowest BCUT2D eigenvalue weighted by molar-refractivity contribution is 0.513. The van der Waals surface area contributed by atoms with Crippen LogP contribution in [0.4, 0.5) is 0 Å². The molecular weight excluding hydrogens is 291 g/mol. The number of aryl methyl sites for hydroxylation is 2. The van der Waals surface area contributed by atoms with Crippen molar-refractivity contribution in [3.63, 3.8) is 0 Å². The SMILES string of the molecule is Cc1ccc(-c2nnc(CCCl)o2)c(Br)c1. The van der Waals surface area contributed by atoms with Crippen LogP contribution in [0.3, 0.4) is 0 Å². The molecule has 0 amide bonds. The lowest BCUT2D eigenvalue weighted by Gasteiger charge is -2.00. The van der Waals surface area contributed by atoms with Crippen LogP contribution in [0.1, 0.15) is 11.5 Å². The summed E-state index contributed by atoms with van der Waals surface area (Å²) in [4.78, 5) is 0. The van der Waals surface area contributed by atoms with Gasteiger partial charge in [-0.3, -0.25) is 0 Å². The van der Waals surface area contributed by atoms with E-state index in [4.69, 9.17) is 16.0 Å². The molecule has 0 atom stereocenters. The Kier molecular flexibility index (Phi) is 3.61. The number of rotatable bonds is 3. The second kappa shape index (κ2) is 4.97. The van der Waals surface area contributed by atoms with Gasteiger partial charge in [0.15, 0.2) is 0 Å². The van der Waals surface area contributed by atoms with Gasteiger partial charge < -0.3 is 4.42 Å². The van der Waals surface area contributed by atoms with Gasteiger partial charge in [0.2, 0.25) is 11.8 Å². The molecule has 0 unspecified atom stereocenters. The van der Waals surface area contributed by atoms with Crippen molar-refractivity contribution in [1.82, 2.24) is 10.2 Å². The van der Waals surface area contributed by atoms with Crippen molar-refractivity contribution in [2.45, 2.75) is 13.3 Å². The molecule has 5 heteroatoms. The van der Waals surface area contributed by atoms with Crippen molar-refractivity contribution >= 4 is 27.5 Å². The molecule has 0 bridgehead atoms. The molecule has 0 aliphatic rings. The Bertz CT molecular complexity index is 498. The molecule has 3 nitrogen and oxygen atoms in total. The summed E-state index contributed by atoms with van der Waals surface area (Å²) in [5, 5.41) is 7.91. The lowest BCUT2D eigenvalue weighted by atomic mass is 10.1. The standard InChI is InChI=1S/C11H10BrClN2O/c1-7-2-3-8(9(12)6-7)11-15-14-10(16-11)4-5-13/h2-3,6H,4-5H2,1H3. The van der Waals surface area contributed by atoms with Gasteiger partial charge in [-0.05, 0) is 40.5 Å². The molecule has 0 N–H and O–H groups in total. The first-order chi connectivity index (χ1) is 7.70. The third kappa shape index (κ3) is 2.44. The fourth-order valence-electron chi connectivity index (χ4n) is 1.34. The molecule has 2 rings (SSSR count). The molecule has 1 aromatic heterocycles. The molecule has 84 valence electrons. The van der Waals surface area contributed by atoms with E-state index in [1.54, 1.807) is 0 Å². The second-order valence-electron chi connectivity index (χ2n) is 3.42. The summed E-state index contributed by atoms with van der Waals surface area (Å²) in [5.74, 6) is 1.57. The van der Waals surface area contributed by atoms with Crippen LogP contribution in [0, 0.1) is 6.92 Å². The normalized spacial score (nSPS) is 10.7. The summed E-state index contributed by atoms with van der Waals surface area (Å²) >= 11 is 9.08. The lowest BCUT2D eigenvalue weighted by Crippen LogP contribution is -1.84. The van der Waals surface area contributed by atoms with Gasteiger partial charge in [0.05, 0.1) is 5.56 Å². The summed E-state index contributed by atoms with van der Waals surface area (Å²) in [5.41, 5.74) is 2.08. The van der Waals surface area contributed by atoms with Crippen LogP contribution in [0.5, 0.6) is 0 Å². The second-order valence-corrected chi connectivity index (χ2v) is 4.66. The third-order valence-electron chi connectivity index (χ3n) is 2.13. The highest BCUT2D eigenvalue weighted by atomic mass is 79.9. The van der Waals surface area contributed by atoms with Gasteiger partial charge in [0.25, 0.3) is 0 Å². The van der Waals surface area contributed by atoms with E-state index >= 15 is 0 Å². The fourth-order valence-corrected chi connectivity index (χ4v) is 2.16. The minimum atomic E-state index is 0.483. The van der Waals surface area contributed by atoms with Crippen molar-refractivity contribution in [2.75, 3.05) is 5.88 Å². The number of benzene rings is 1. The smallest absolute Gasteiger partial charge is 0.248 e. The minimum Gasteiger partial charge on any atom is -0.421 e. The van der Waals surface area contributed by atoms with Gasteiger partial charge in [-0.1, -0.05) is 6.07 Å². The Morgan fingerprint density at radius 1 is 1.38 bits per heavy atom. The molecule has 2 aromatic rings. The van der Waals surface area contributed by atoms with Crippen molar-refractivity contribution in [1.29, 1.82) is 0 Å². The largest absolute Gasteiger partial charge is 0.421 e. The summed E-state index contributed by atoms with van der Waals surface area (Å²) < 4.78 is 6.45. The van der Waals surface area contributed by atoms with Gasteiger partial charge >= 0.3 is 0 Å². The average molecular weight is 302 g/mol. The molecule has 0 aliphatic heterocycles. The number of hydrogen-bond donors (Lipinski definition) is 0. The predicted molar refractivity (Wildman–Crippen MR) is 66.6 cm³/mol. The Hall–Kier alpha value is -0.870. The molecule has 16 heavy (non-hydrogen) atoms. The fraction of sp³-hybridized carbons (Fsp3) is 0.273. The van der Waals surface area contributed by atoms with E-state index in [-0.39, 0.29) is 0 Å². The van der Waals surface area contributed by atoms with Crippen LogP contribution < -0.4 is 0 Å². The molecule has 1 heterocycles. The van der Waals surface area contributed by atoms with Gasteiger partial charge in [-0.25, -0.2) is 0 Å². The number of hydrogen-bond acceptors (Lipinski definition) is 3. The molecular formula is C11H10BrClN2O. The van der Waals surface area contributed by atoms with E-state index in [2.05, 4.69) is 26.1 Å². The summed E-state index contributed by atoms with van der Waals surface area (Å²) in [6.45, 7) is 2.03. The molecule has 0 saturated carbocycles. The van der Waals surface area contributed by atoms with E-state index in [9.17, 15) is 0 Å². The van der Waals surface area contributed by atoms with Crippen LogP contribution in [-0.2, 0) is 6.42 Å². The van der Waals surface area contributed by atoms with Crippen molar-refractivity contribution in [3.8, 4) is 11.5 Å². The van der Waals surface area contributed by atoms with Crippen molar-refractivity contribution in [3.05, 3.63) is 34.1 Å². The first-order valence-corrected chi connectivity index (χ1v) is 6.18. The van der Waals surface area contributed by atoms with Gasteiger partial charge in [0.1, 0.15) is 0 Å². The third-order valence-corrected chi connectivity index (χ3v) is 2.98. The van der Waals surface area contributed by atoms with Crippen LogP contribution in [-0.4, -0.2) is 16.1 Å². The molecule has 0 saturated heterocycles. The number of halogens is 2. The highest BCUT2D eigenvalue weighted by Crippen LogP contribution is 2.28. The zero-order chi connectivity index (χ0) is 11.5. The van der Waals surface area contributed by atoms with E-state index < -0.39 is 0 Å². The maximum absolute atomic E-state index is 5.61. The zero-order valence-corrected chi connectivity index (χ0v) is 11.0. The zero-order valence-electron chi connectivity index (χ0n) is 8.70. The Morgan fingerprint density at radius 2 is 2.19 bits per heavy atom.